The topological polar surface area (TPSA) is 16.1 Å². The van der Waals surface area contributed by atoms with Crippen LogP contribution in [0.25, 0.3) is 0 Å². The first kappa shape index (κ1) is 13.2. The lowest BCUT2D eigenvalue weighted by atomic mass is 9.68. The molecule has 2 aliphatic rings. The van der Waals surface area contributed by atoms with E-state index in [1.165, 1.54) is 50.5 Å². The zero-order chi connectivity index (χ0) is 13.1. The number of hydrogen-bond acceptors (Lipinski definition) is 2. The number of piperidine rings is 1. The number of aromatic nitrogens is 1. The molecule has 104 valence electrons. The van der Waals surface area contributed by atoms with Crippen LogP contribution in [0.3, 0.4) is 0 Å². The van der Waals surface area contributed by atoms with Gasteiger partial charge in [0, 0.05) is 24.8 Å². The molecule has 0 atom stereocenters. The van der Waals surface area contributed by atoms with E-state index in [0.717, 1.165) is 18.9 Å². The van der Waals surface area contributed by atoms with Crippen molar-refractivity contribution < 1.29 is 0 Å². The van der Waals surface area contributed by atoms with Gasteiger partial charge in [0.15, 0.2) is 0 Å². The van der Waals surface area contributed by atoms with Gasteiger partial charge in [0.1, 0.15) is 5.82 Å². The summed E-state index contributed by atoms with van der Waals surface area (Å²) in [4.78, 5) is 6.99. The van der Waals surface area contributed by atoms with Crippen molar-refractivity contribution in [3.8, 4) is 0 Å². The zero-order valence-electron chi connectivity index (χ0n) is 11.6. The fourth-order valence-electron chi connectivity index (χ4n) is 3.81. The highest BCUT2D eigenvalue weighted by molar-refractivity contribution is 6.17. The molecule has 1 aromatic rings. The Hall–Kier alpha value is -0.760. The average Bonchev–Trinajstić information content (AvgIpc) is 2.49. The lowest BCUT2D eigenvalue weighted by Crippen LogP contribution is -2.41. The molecule has 0 aromatic carbocycles. The second kappa shape index (κ2) is 5.70. The number of anilines is 1. The average molecular weight is 279 g/mol. The SMILES string of the molecule is ClCc1cccnc1N1CCC2(CCCCC2)CC1. The quantitative estimate of drug-likeness (QED) is 0.747. The molecule has 2 fully saturated rings. The molecule has 0 bridgehead atoms. The first-order valence-corrected chi connectivity index (χ1v) is 8.11. The summed E-state index contributed by atoms with van der Waals surface area (Å²) in [5, 5.41) is 0. The molecular weight excluding hydrogens is 256 g/mol. The van der Waals surface area contributed by atoms with Crippen LogP contribution in [0.5, 0.6) is 0 Å². The lowest BCUT2D eigenvalue weighted by molar-refractivity contribution is 0.144. The molecule has 0 N–H and O–H groups in total. The van der Waals surface area contributed by atoms with Gasteiger partial charge in [0.05, 0.1) is 5.88 Å². The summed E-state index contributed by atoms with van der Waals surface area (Å²) in [6, 6.07) is 4.08. The molecule has 2 heterocycles. The van der Waals surface area contributed by atoms with Crippen LogP contribution < -0.4 is 4.90 Å². The smallest absolute Gasteiger partial charge is 0.132 e. The van der Waals surface area contributed by atoms with Crippen molar-refractivity contribution in [3.63, 3.8) is 0 Å². The summed E-state index contributed by atoms with van der Waals surface area (Å²) in [6.45, 7) is 2.31. The molecule has 1 aromatic heterocycles. The number of alkyl halides is 1. The van der Waals surface area contributed by atoms with Crippen molar-refractivity contribution in [1.82, 2.24) is 4.98 Å². The molecule has 1 saturated heterocycles. The number of rotatable bonds is 2. The Morgan fingerprint density at radius 2 is 1.84 bits per heavy atom. The maximum atomic E-state index is 6.03. The molecule has 0 unspecified atom stereocenters. The van der Waals surface area contributed by atoms with Crippen molar-refractivity contribution in [2.75, 3.05) is 18.0 Å². The predicted molar refractivity (Wildman–Crippen MR) is 80.8 cm³/mol. The normalized spacial score (nSPS) is 22.7. The Bertz CT molecular complexity index is 417. The van der Waals surface area contributed by atoms with E-state index >= 15 is 0 Å². The third kappa shape index (κ3) is 2.74. The largest absolute Gasteiger partial charge is 0.356 e. The van der Waals surface area contributed by atoms with Crippen LogP contribution in [-0.4, -0.2) is 18.1 Å². The Morgan fingerprint density at radius 1 is 1.11 bits per heavy atom. The van der Waals surface area contributed by atoms with E-state index in [9.17, 15) is 0 Å². The van der Waals surface area contributed by atoms with Crippen LogP contribution in [0.4, 0.5) is 5.82 Å². The predicted octanol–water partition coefficient (Wildman–Crippen LogP) is 4.37. The van der Waals surface area contributed by atoms with Crippen molar-refractivity contribution in [1.29, 1.82) is 0 Å². The minimum Gasteiger partial charge on any atom is -0.356 e. The van der Waals surface area contributed by atoms with Crippen molar-refractivity contribution in [3.05, 3.63) is 23.9 Å². The molecule has 2 nitrogen and oxygen atoms in total. The standard InChI is InChI=1S/C16H23ClN2/c17-13-14-5-4-10-18-15(14)19-11-8-16(9-12-19)6-2-1-3-7-16/h4-5,10H,1-3,6-9,11-13H2. The van der Waals surface area contributed by atoms with E-state index in [0.29, 0.717) is 11.3 Å². The number of pyridine rings is 1. The van der Waals surface area contributed by atoms with Crippen LogP contribution in [-0.2, 0) is 5.88 Å². The van der Waals surface area contributed by atoms with Crippen LogP contribution in [0.2, 0.25) is 0 Å². The zero-order valence-corrected chi connectivity index (χ0v) is 12.3. The fourth-order valence-corrected chi connectivity index (χ4v) is 4.02. The van der Waals surface area contributed by atoms with Crippen molar-refractivity contribution in [2.45, 2.75) is 50.8 Å². The van der Waals surface area contributed by atoms with Gasteiger partial charge in [-0.3, -0.25) is 0 Å². The molecule has 0 amide bonds. The van der Waals surface area contributed by atoms with Gasteiger partial charge < -0.3 is 4.90 Å². The molecule has 3 rings (SSSR count). The van der Waals surface area contributed by atoms with Crippen molar-refractivity contribution >= 4 is 17.4 Å². The van der Waals surface area contributed by atoms with Gasteiger partial charge in [0.2, 0.25) is 0 Å². The Balaban J connectivity index is 1.69. The van der Waals surface area contributed by atoms with Gasteiger partial charge in [-0.2, -0.15) is 0 Å². The first-order valence-electron chi connectivity index (χ1n) is 7.58. The second-order valence-corrected chi connectivity index (χ2v) is 6.43. The third-order valence-corrected chi connectivity index (χ3v) is 5.34. The van der Waals surface area contributed by atoms with Crippen LogP contribution >= 0.6 is 11.6 Å². The maximum Gasteiger partial charge on any atom is 0.132 e. The first-order chi connectivity index (χ1) is 9.33. The van der Waals surface area contributed by atoms with E-state index in [2.05, 4.69) is 16.0 Å². The summed E-state index contributed by atoms with van der Waals surface area (Å²) >= 11 is 6.03. The molecule has 1 saturated carbocycles. The molecule has 3 heteroatoms. The Labute approximate surface area is 121 Å². The molecule has 19 heavy (non-hydrogen) atoms. The van der Waals surface area contributed by atoms with E-state index in [1.54, 1.807) is 0 Å². The van der Waals surface area contributed by atoms with Crippen LogP contribution in [0, 0.1) is 5.41 Å². The van der Waals surface area contributed by atoms with E-state index in [-0.39, 0.29) is 0 Å². The Morgan fingerprint density at radius 3 is 2.53 bits per heavy atom. The number of hydrogen-bond donors (Lipinski definition) is 0. The Kier molecular flexibility index (Phi) is 3.97. The van der Waals surface area contributed by atoms with Crippen molar-refractivity contribution in [2.24, 2.45) is 5.41 Å². The van der Waals surface area contributed by atoms with Gasteiger partial charge >= 0.3 is 0 Å². The number of halogens is 1. The van der Waals surface area contributed by atoms with E-state index in [1.807, 2.05) is 12.3 Å². The second-order valence-electron chi connectivity index (χ2n) is 6.17. The summed E-state index contributed by atoms with van der Waals surface area (Å²) < 4.78 is 0. The minimum absolute atomic E-state index is 0.560. The lowest BCUT2D eigenvalue weighted by Gasteiger charge is -2.45. The molecule has 1 aliphatic carbocycles. The summed E-state index contributed by atoms with van der Waals surface area (Å²) in [7, 11) is 0. The molecular formula is C16H23ClN2. The van der Waals surface area contributed by atoms with E-state index < -0.39 is 0 Å². The van der Waals surface area contributed by atoms with Crippen LogP contribution in [0.15, 0.2) is 18.3 Å². The van der Waals surface area contributed by atoms with Gasteiger partial charge in [0.25, 0.3) is 0 Å². The highest BCUT2D eigenvalue weighted by Crippen LogP contribution is 2.45. The summed E-state index contributed by atoms with van der Waals surface area (Å²) in [5.74, 6) is 1.67. The number of nitrogens with zero attached hydrogens (tertiary/aromatic N) is 2. The minimum atomic E-state index is 0.560. The monoisotopic (exact) mass is 278 g/mol. The highest BCUT2D eigenvalue weighted by Gasteiger charge is 2.35. The van der Waals surface area contributed by atoms with Gasteiger partial charge in [-0.05, 0) is 37.2 Å². The molecule has 1 aliphatic heterocycles. The highest BCUT2D eigenvalue weighted by atomic mass is 35.5. The summed E-state index contributed by atoms with van der Waals surface area (Å²) in [6.07, 6.45) is 11.8. The molecule has 1 spiro atoms. The molecule has 0 radical (unpaired) electrons. The van der Waals surface area contributed by atoms with E-state index in [4.69, 9.17) is 11.6 Å². The fraction of sp³-hybridized carbons (Fsp3) is 0.688. The van der Waals surface area contributed by atoms with Gasteiger partial charge in [-0.15, -0.1) is 11.6 Å². The van der Waals surface area contributed by atoms with Crippen LogP contribution in [0.1, 0.15) is 50.5 Å². The maximum absolute atomic E-state index is 6.03. The third-order valence-electron chi connectivity index (χ3n) is 5.05. The summed E-state index contributed by atoms with van der Waals surface area (Å²) in [5.41, 5.74) is 1.83. The van der Waals surface area contributed by atoms with Gasteiger partial charge in [-0.1, -0.05) is 25.3 Å². The van der Waals surface area contributed by atoms with Gasteiger partial charge in [-0.25, -0.2) is 4.98 Å².